The van der Waals surface area contributed by atoms with Crippen molar-refractivity contribution >= 4 is 5.57 Å². The van der Waals surface area contributed by atoms with Crippen LogP contribution >= 0.6 is 0 Å². The number of fused-ring (bicyclic) bond motifs is 1. The molecule has 0 bridgehead atoms. The summed E-state index contributed by atoms with van der Waals surface area (Å²) in [7, 11) is 0. The van der Waals surface area contributed by atoms with Crippen molar-refractivity contribution in [3.8, 4) is 6.07 Å². The number of nitriles is 1. The van der Waals surface area contributed by atoms with Gasteiger partial charge in [-0.15, -0.1) is 0 Å². The Labute approximate surface area is 101 Å². The van der Waals surface area contributed by atoms with Crippen LogP contribution in [0.15, 0.2) is 24.5 Å². The number of hydrogen-bond acceptors (Lipinski definition) is 3. The molecule has 1 aromatic heterocycles. The summed E-state index contributed by atoms with van der Waals surface area (Å²) in [5, 5.41) is 12.5. The molecule has 1 N–H and O–H groups in total. The normalized spacial score (nSPS) is 27.1. The zero-order valence-electron chi connectivity index (χ0n) is 9.69. The van der Waals surface area contributed by atoms with Gasteiger partial charge in [-0.2, -0.15) is 5.26 Å². The lowest BCUT2D eigenvalue weighted by Gasteiger charge is -2.26. The molecule has 3 nitrogen and oxygen atoms in total. The highest BCUT2D eigenvalue weighted by Crippen LogP contribution is 2.35. The molecule has 0 radical (unpaired) electrons. The smallest absolute Gasteiger partial charge is 0.101 e. The monoisotopic (exact) mass is 225 g/mol. The first-order valence-corrected chi connectivity index (χ1v) is 6.17. The summed E-state index contributed by atoms with van der Waals surface area (Å²) in [6.45, 7) is 1.11. The quantitative estimate of drug-likeness (QED) is 0.796. The van der Waals surface area contributed by atoms with Gasteiger partial charge in [0, 0.05) is 18.4 Å². The molecule has 0 amide bonds. The maximum atomic E-state index is 8.92. The highest BCUT2D eigenvalue weighted by molar-refractivity contribution is 5.71. The van der Waals surface area contributed by atoms with E-state index >= 15 is 0 Å². The molecule has 1 aliphatic carbocycles. The first-order chi connectivity index (χ1) is 8.38. The molecule has 0 saturated carbocycles. The maximum absolute atomic E-state index is 8.92. The minimum absolute atomic E-state index is 0.472. The maximum Gasteiger partial charge on any atom is 0.101 e. The fourth-order valence-electron chi connectivity index (χ4n) is 2.97. The highest BCUT2D eigenvalue weighted by Gasteiger charge is 2.32. The summed E-state index contributed by atoms with van der Waals surface area (Å²) < 4.78 is 0. The van der Waals surface area contributed by atoms with Crippen LogP contribution < -0.4 is 5.32 Å². The number of nitrogens with zero attached hydrogens (tertiary/aromatic N) is 2. The first-order valence-electron chi connectivity index (χ1n) is 6.17. The lowest BCUT2D eigenvalue weighted by molar-refractivity contribution is 0.470. The van der Waals surface area contributed by atoms with Crippen LogP contribution in [0.2, 0.25) is 0 Å². The number of aromatic nitrogens is 1. The number of hydrogen-bond donors (Lipinski definition) is 1. The first kappa shape index (κ1) is 10.5. The Kier molecular flexibility index (Phi) is 2.66. The second kappa shape index (κ2) is 4.31. The fraction of sp³-hybridized carbons (Fsp3) is 0.429. The van der Waals surface area contributed by atoms with Crippen LogP contribution in [0.25, 0.3) is 5.57 Å². The predicted molar refractivity (Wildman–Crippen MR) is 66.1 cm³/mol. The number of allylic oxidation sites excluding steroid dienone is 1. The van der Waals surface area contributed by atoms with Gasteiger partial charge in [0.25, 0.3) is 0 Å². The van der Waals surface area contributed by atoms with Crippen molar-refractivity contribution in [2.45, 2.75) is 25.3 Å². The largest absolute Gasteiger partial charge is 0.310 e. The topological polar surface area (TPSA) is 48.7 Å². The van der Waals surface area contributed by atoms with Crippen LogP contribution in [0.1, 0.15) is 30.4 Å². The Bertz CT molecular complexity index is 498. The Morgan fingerprint density at radius 2 is 2.29 bits per heavy atom. The van der Waals surface area contributed by atoms with Gasteiger partial charge >= 0.3 is 0 Å². The van der Waals surface area contributed by atoms with E-state index in [4.69, 9.17) is 5.26 Å². The molecule has 3 rings (SSSR count). The molecule has 0 spiro atoms. The van der Waals surface area contributed by atoms with Gasteiger partial charge in [-0.1, -0.05) is 6.08 Å². The lowest BCUT2D eigenvalue weighted by Crippen LogP contribution is -2.30. The highest BCUT2D eigenvalue weighted by atomic mass is 15.0. The average molecular weight is 225 g/mol. The van der Waals surface area contributed by atoms with Gasteiger partial charge in [-0.3, -0.25) is 4.98 Å². The van der Waals surface area contributed by atoms with E-state index in [1.165, 1.54) is 18.4 Å². The Morgan fingerprint density at radius 3 is 3.18 bits per heavy atom. The third kappa shape index (κ3) is 1.85. The van der Waals surface area contributed by atoms with E-state index in [-0.39, 0.29) is 0 Å². The second-order valence-electron chi connectivity index (χ2n) is 4.79. The van der Waals surface area contributed by atoms with Crippen LogP contribution in [0, 0.1) is 17.2 Å². The van der Waals surface area contributed by atoms with Crippen LogP contribution in [0.5, 0.6) is 0 Å². The SMILES string of the molecule is N#Cc1cncc(C2=CCC[C@H]3CCN[C@@H]23)c1. The number of nitrogens with one attached hydrogen (secondary N) is 1. The van der Waals surface area contributed by atoms with E-state index in [0.29, 0.717) is 11.6 Å². The minimum atomic E-state index is 0.472. The Morgan fingerprint density at radius 1 is 1.35 bits per heavy atom. The molecule has 1 aliphatic heterocycles. The van der Waals surface area contributed by atoms with Crippen molar-refractivity contribution in [2.24, 2.45) is 5.92 Å². The summed E-state index contributed by atoms with van der Waals surface area (Å²) in [5.41, 5.74) is 3.08. The average Bonchev–Trinajstić information content (AvgIpc) is 2.87. The van der Waals surface area contributed by atoms with Crippen molar-refractivity contribution in [3.05, 3.63) is 35.7 Å². The molecular weight excluding hydrogens is 210 g/mol. The summed E-state index contributed by atoms with van der Waals surface area (Å²) in [6.07, 6.45) is 9.49. The number of pyridine rings is 1. The standard InChI is InChI=1S/C14H15N3/c15-7-10-6-12(9-16-8-10)13-3-1-2-11-4-5-17-14(11)13/h3,6,8-9,11,14,17H,1-2,4-5H2/t11-,14+/m0/s1. The van der Waals surface area contributed by atoms with Crippen molar-refractivity contribution in [1.82, 2.24) is 10.3 Å². The van der Waals surface area contributed by atoms with Gasteiger partial charge in [0.2, 0.25) is 0 Å². The molecule has 1 saturated heterocycles. The molecule has 2 heterocycles. The molecule has 3 heteroatoms. The van der Waals surface area contributed by atoms with Crippen molar-refractivity contribution < 1.29 is 0 Å². The molecule has 2 atom stereocenters. The Balaban J connectivity index is 1.97. The number of rotatable bonds is 1. The molecule has 0 aromatic carbocycles. The molecule has 1 fully saturated rings. The van der Waals surface area contributed by atoms with Crippen LogP contribution in [-0.2, 0) is 0 Å². The zero-order chi connectivity index (χ0) is 11.7. The molecule has 86 valence electrons. The van der Waals surface area contributed by atoms with E-state index in [1.54, 1.807) is 6.20 Å². The third-order valence-electron chi connectivity index (χ3n) is 3.79. The molecule has 0 unspecified atom stereocenters. The van der Waals surface area contributed by atoms with E-state index < -0.39 is 0 Å². The van der Waals surface area contributed by atoms with E-state index in [9.17, 15) is 0 Å². The van der Waals surface area contributed by atoms with E-state index in [2.05, 4.69) is 22.4 Å². The third-order valence-corrected chi connectivity index (χ3v) is 3.79. The summed E-state index contributed by atoms with van der Waals surface area (Å²) >= 11 is 0. The van der Waals surface area contributed by atoms with Crippen LogP contribution in [0.3, 0.4) is 0 Å². The van der Waals surface area contributed by atoms with Gasteiger partial charge in [0.05, 0.1) is 5.56 Å². The predicted octanol–water partition coefficient (Wildman–Crippen LogP) is 2.11. The van der Waals surface area contributed by atoms with Gasteiger partial charge in [0.15, 0.2) is 0 Å². The zero-order valence-corrected chi connectivity index (χ0v) is 9.69. The molecule has 2 aliphatic rings. The fourth-order valence-corrected chi connectivity index (χ4v) is 2.97. The van der Waals surface area contributed by atoms with Crippen LogP contribution in [0.4, 0.5) is 0 Å². The van der Waals surface area contributed by atoms with Gasteiger partial charge in [-0.05, 0) is 48.9 Å². The molecule has 1 aromatic rings. The van der Waals surface area contributed by atoms with Crippen molar-refractivity contribution in [1.29, 1.82) is 5.26 Å². The van der Waals surface area contributed by atoms with Crippen molar-refractivity contribution in [3.63, 3.8) is 0 Å². The summed E-state index contributed by atoms with van der Waals surface area (Å²) in [4.78, 5) is 4.15. The van der Waals surface area contributed by atoms with Gasteiger partial charge in [-0.25, -0.2) is 0 Å². The minimum Gasteiger partial charge on any atom is -0.310 e. The Hall–Kier alpha value is -1.66. The lowest BCUT2D eigenvalue weighted by atomic mass is 9.82. The van der Waals surface area contributed by atoms with Gasteiger partial charge < -0.3 is 5.32 Å². The molecule has 17 heavy (non-hydrogen) atoms. The van der Waals surface area contributed by atoms with E-state index in [0.717, 1.165) is 24.4 Å². The second-order valence-corrected chi connectivity index (χ2v) is 4.79. The summed E-state index contributed by atoms with van der Waals surface area (Å²) in [5.74, 6) is 0.765. The van der Waals surface area contributed by atoms with Crippen LogP contribution in [-0.4, -0.2) is 17.6 Å². The summed E-state index contributed by atoms with van der Waals surface area (Å²) in [6, 6.07) is 4.57. The molecular formula is C14H15N3. The van der Waals surface area contributed by atoms with Crippen molar-refractivity contribution in [2.75, 3.05) is 6.54 Å². The van der Waals surface area contributed by atoms with E-state index in [1.807, 2.05) is 12.3 Å². The van der Waals surface area contributed by atoms with Gasteiger partial charge in [0.1, 0.15) is 6.07 Å².